The fraction of sp³-hybridized carbons (Fsp3) is 0.800. The molecule has 4 N–H and O–H groups in total. The highest BCUT2D eigenvalue weighted by Gasteiger charge is 2.34. The molecule has 84 valence electrons. The van der Waals surface area contributed by atoms with Crippen molar-refractivity contribution in [2.75, 3.05) is 6.54 Å². The quantitative estimate of drug-likeness (QED) is 0.564. The normalized spacial score (nSPS) is 27.3. The predicted molar refractivity (Wildman–Crippen MR) is 54.9 cm³/mol. The van der Waals surface area contributed by atoms with Crippen molar-refractivity contribution in [3.63, 3.8) is 0 Å². The van der Waals surface area contributed by atoms with E-state index in [4.69, 9.17) is 5.73 Å². The van der Waals surface area contributed by atoms with Gasteiger partial charge in [0.05, 0.1) is 0 Å². The Balaban J connectivity index is 1.82. The second-order valence-electron chi connectivity index (χ2n) is 4.35. The molecule has 0 aromatic heterocycles. The molecule has 1 saturated carbocycles. The molecule has 1 unspecified atom stereocenters. The Bertz CT molecular complexity index is 276. The summed E-state index contributed by atoms with van der Waals surface area (Å²) in [4.78, 5) is 22.7. The van der Waals surface area contributed by atoms with Crippen molar-refractivity contribution in [3.8, 4) is 0 Å². The van der Waals surface area contributed by atoms with Crippen molar-refractivity contribution in [1.29, 1.82) is 0 Å². The zero-order chi connectivity index (χ0) is 10.8. The third-order valence-corrected chi connectivity index (χ3v) is 3.08. The van der Waals surface area contributed by atoms with Gasteiger partial charge < -0.3 is 16.4 Å². The number of hydrogen-bond acceptors (Lipinski definition) is 3. The maximum atomic E-state index is 11.7. The van der Waals surface area contributed by atoms with Gasteiger partial charge in [0.2, 0.25) is 11.8 Å². The van der Waals surface area contributed by atoms with Gasteiger partial charge >= 0.3 is 0 Å². The van der Waals surface area contributed by atoms with E-state index in [1.165, 1.54) is 0 Å². The Kier molecular flexibility index (Phi) is 2.90. The largest absolute Gasteiger partial charge is 0.350 e. The van der Waals surface area contributed by atoms with Gasteiger partial charge in [0.25, 0.3) is 0 Å². The summed E-state index contributed by atoms with van der Waals surface area (Å²) < 4.78 is 0. The van der Waals surface area contributed by atoms with Crippen molar-refractivity contribution in [2.24, 2.45) is 11.7 Å². The van der Waals surface area contributed by atoms with Crippen LogP contribution in [0.2, 0.25) is 0 Å². The van der Waals surface area contributed by atoms with Gasteiger partial charge in [-0.2, -0.15) is 0 Å². The van der Waals surface area contributed by atoms with Crippen LogP contribution in [0.4, 0.5) is 0 Å². The van der Waals surface area contributed by atoms with Gasteiger partial charge in [0, 0.05) is 19.0 Å². The van der Waals surface area contributed by atoms with Crippen LogP contribution >= 0.6 is 0 Å². The molecule has 2 aliphatic rings. The summed E-state index contributed by atoms with van der Waals surface area (Å²) in [5, 5.41) is 5.56. The van der Waals surface area contributed by atoms with Gasteiger partial charge in [-0.3, -0.25) is 9.59 Å². The Morgan fingerprint density at radius 1 is 1.53 bits per heavy atom. The summed E-state index contributed by atoms with van der Waals surface area (Å²) in [6.07, 6.45) is 3.36. The third kappa shape index (κ3) is 2.47. The van der Waals surface area contributed by atoms with Gasteiger partial charge in [-0.15, -0.1) is 0 Å². The summed E-state index contributed by atoms with van der Waals surface area (Å²) in [5.41, 5.74) is 5.59. The highest BCUT2D eigenvalue weighted by atomic mass is 16.2. The van der Waals surface area contributed by atoms with Crippen LogP contribution in [0.25, 0.3) is 0 Å². The number of carbonyl (C=O) groups excluding carboxylic acids is 2. The molecule has 15 heavy (non-hydrogen) atoms. The maximum Gasteiger partial charge on any atom is 0.242 e. The fourth-order valence-corrected chi connectivity index (χ4v) is 1.96. The smallest absolute Gasteiger partial charge is 0.242 e. The average Bonchev–Trinajstić information content (AvgIpc) is 2.97. The van der Waals surface area contributed by atoms with Crippen LogP contribution in [0, 0.1) is 5.92 Å². The zero-order valence-electron chi connectivity index (χ0n) is 8.66. The minimum absolute atomic E-state index is 0.0362. The highest BCUT2D eigenvalue weighted by Crippen LogP contribution is 2.32. The minimum atomic E-state index is -0.342. The number of hydrogen-bond donors (Lipinski definition) is 3. The van der Waals surface area contributed by atoms with E-state index in [-0.39, 0.29) is 23.9 Å². The Hall–Kier alpha value is -1.10. The maximum absolute atomic E-state index is 11.7. The molecule has 5 heteroatoms. The van der Waals surface area contributed by atoms with Crippen LogP contribution in [-0.2, 0) is 9.59 Å². The second kappa shape index (κ2) is 4.18. The SMILES string of the molecule is NCC(NC(=O)[C@@H]1CCC(=O)N1)C1CC1. The van der Waals surface area contributed by atoms with E-state index in [1.807, 2.05) is 0 Å². The Morgan fingerprint density at radius 3 is 2.73 bits per heavy atom. The summed E-state index contributed by atoms with van der Waals surface area (Å²) in [6.45, 7) is 0.483. The van der Waals surface area contributed by atoms with Crippen LogP contribution in [0.1, 0.15) is 25.7 Å². The molecule has 0 aromatic rings. The number of nitrogens with one attached hydrogen (secondary N) is 2. The molecule has 5 nitrogen and oxygen atoms in total. The van der Waals surface area contributed by atoms with Gasteiger partial charge in [-0.1, -0.05) is 0 Å². The lowest BCUT2D eigenvalue weighted by Gasteiger charge is -2.18. The molecule has 1 aliphatic carbocycles. The molecule has 1 saturated heterocycles. The average molecular weight is 211 g/mol. The number of nitrogens with two attached hydrogens (primary N) is 1. The van der Waals surface area contributed by atoms with Crippen LogP contribution in [0.15, 0.2) is 0 Å². The summed E-state index contributed by atoms with van der Waals surface area (Å²) in [5.74, 6) is 0.435. The van der Waals surface area contributed by atoms with E-state index in [0.717, 1.165) is 12.8 Å². The van der Waals surface area contributed by atoms with Gasteiger partial charge in [-0.25, -0.2) is 0 Å². The van der Waals surface area contributed by atoms with Crippen molar-refractivity contribution >= 4 is 11.8 Å². The molecule has 1 aliphatic heterocycles. The first-order valence-corrected chi connectivity index (χ1v) is 5.50. The zero-order valence-corrected chi connectivity index (χ0v) is 8.66. The molecule has 0 radical (unpaired) electrons. The van der Waals surface area contributed by atoms with Crippen molar-refractivity contribution in [1.82, 2.24) is 10.6 Å². The van der Waals surface area contributed by atoms with Crippen molar-refractivity contribution < 1.29 is 9.59 Å². The van der Waals surface area contributed by atoms with Crippen molar-refractivity contribution in [2.45, 2.75) is 37.8 Å². The van der Waals surface area contributed by atoms with Crippen LogP contribution < -0.4 is 16.4 Å². The Labute approximate surface area is 88.8 Å². The molecule has 0 aromatic carbocycles. The lowest BCUT2D eigenvalue weighted by Crippen LogP contribution is -2.49. The lowest BCUT2D eigenvalue weighted by molar-refractivity contribution is -0.126. The van der Waals surface area contributed by atoms with Crippen LogP contribution in [0.5, 0.6) is 0 Å². The van der Waals surface area contributed by atoms with Gasteiger partial charge in [-0.05, 0) is 25.2 Å². The summed E-state index contributed by atoms with van der Waals surface area (Å²) in [7, 11) is 0. The molecule has 2 fully saturated rings. The molecule has 0 spiro atoms. The monoisotopic (exact) mass is 211 g/mol. The predicted octanol–water partition coefficient (Wildman–Crippen LogP) is -0.881. The molecule has 1 heterocycles. The van der Waals surface area contributed by atoms with E-state index in [2.05, 4.69) is 10.6 Å². The van der Waals surface area contributed by atoms with E-state index >= 15 is 0 Å². The molecule has 0 bridgehead atoms. The van der Waals surface area contributed by atoms with Crippen LogP contribution in [0.3, 0.4) is 0 Å². The van der Waals surface area contributed by atoms with E-state index in [1.54, 1.807) is 0 Å². The van der Waals surface area contributed by atoms with Crippen molar-refractivity contribution in [3.05, 3.63) is 0 Å². The minimum Gasteiger partial charge on any atom is -0.350 e. The van der Waals surface area contributed by atoms with E-state index < -0.39 is 0 Å². The van der Waals surface area contributed by atoms with E-state index in [9.17, 15) is 9.59 Å². The number of carbonyl (C=O) groups is 2. The summed E-state index contributed by atoms with van der Waals surface area (Å²) >= 11 is 0. The lowest BCUT2D eigenvalue weighted by atomic mass is 10.1. The number of amides is 2. The first-order chi connectivity index (χ1) is 7.20. The fourth-order valence-electron chi connectivity index (χ4n) is 1.96. The third-order valence-electron chi connectivity index (χ3n) is 3.08. The highest BCUT2D eigenvalue weighted by molar-refractivity contribution is 5.90. The topological polar surface area (TPSA) is 84.2 Å². The molecular weight excluding hydrogens is 194 g/mol. The molecule has 2 atom stereocenters. The molecule has 2 rings (SSSR count). The van der Waals surface area contributed by atoms with Gasteiger partial charge in [0.1, 0.15) is 6.04 Å². The van der Waals surface area contributed by atoms with Gasteiger partial charge in [0.15, 0.2) is 0 Å². The summed E-state index contributed by atoms with van der Waals surface area (Å²) in [6, 6.07) is -0.250. The first kappa shape index (κ1) is 10.4. The number of rotatable bonds is 4. The Morgan fingerprint density at radius 2 is 2.27 bits per heavy atom. The van der Waals surface area contributed by atoms with E-state index in [0.29, 0.717) is 25.3 Å². The molecular formula is C10H17N3O2. The standard InChI is InChI=1S/C10H17N3O2/c11-5-8(6-1-2-6)13-10(15)7-3-4-9(14)12-7/h6-8H,1-5,11H2,(H,12,14)(H,13,15)/t7-,8?/m0/s1. The second-order valence-corrected chi connectivity index (χ2v) is 4.35. The molecule has 2 amide bonds. The van der Waals surface area contributed by atoms with Crippen LogP contribution in [-0.4, -0.2) is 30.4 Å². The first-order valence-electron chi connectivity index (χ1n) is 5.50.